The van der Waals surface area contributed by atoms with E-state index < -0.39 is 0 Å². The standard InChI is InChI=1S/C12H16N6S/c1-18(2)11-14-10(17-13)15-12(16-11)19-8-9-6-4-3-5-7-9/h3-7H,8,13H2,1-2H3,(H,14,15,16,17). The number of nitrogen functional groups attached to an aromatic ring is 1. The van der Waals surface area contributed by atoms with Gasteiger partial charge in [0.2, 0.25) is 11.9 Å². The van der Waals surface area contributed by atoms with Gasteiger partial charge in [-0.1, -0.05) is 42.1 Å². The molecule has 0 saturated heterocycles. The molecule has 0 aliphatic heterocycles. The summed E-state index contributed by atoms with van der Waals surface area (Å²) in [6.45, 7) is 0. The Morgan fingerprint density at radius 2 is 1.89 bits per heavy atom. The van der Waals surface area contributed by atoms with Crippen LogP contribution < -0.4 is 16.2 Å². The molecule has 0 spiro atoms. The molecule has 2 aromatic rings. The van der Waals surface area contributed by atoms with Gasteiger partial charge in [0.1, 0.15) is 0 Å². The molecule has 0 amide bonds. The van der Waals surface area contributed by atoms with E-state index in [-0.39, 0.29) is 0 Å². The fourth-order valence-corrected chi connectivity index (χ4v) is 2.18. The molecule has 1 aromatic carbocycles. The number of hydrogen-bond acceptors (Lipinski definition) is 7. The van der Waals surface area contributed by atoms with Crippen LogP contribution in [0.25, 0.3) is 0 Å². The van der Waals surface area contributed by atoms with E-state index in [1.165, 1.54) is 5.56 Å². The fraction of sp³-hybridized carbons (Fsp3) is 0.250. The Hall–Kier alpha value is -1.86. The second-order valence-electron chi connectivity index (χ2n) is 4.05. The summed E-state index contributed by atoms with van der Waals surface area (Å²) in [5.74, 6) is 7.12. The van der Waals surface area contributed by atoms with E-state index in [2.05, 4.69) is 32.5 Å². The van der Waals surface area contributed by atoms with Gasteiger partial charge in [0.25, 0.3) is 0 Å². The van der Waals surface area contributed by atoms with Crippen LogP contribution in [0.3, 0.4) is 0 Å². The maximum atomic E-state index is 5.36. The quantitative estimate of drug-likeness (QED) is 0.487. The van der Waals surface area contributed by atoms with Gasteiger partial charge in [-0.15, -0.1) is 0 Å². The van der Waals surface area contributed by atoms with Crippen molar-refractivity contribution in [3.63, 3.8) is 0 Å². The molecule has 100 valence electrons. The van der Waals surface area contributed by atoms with E-state index >= 15 is 0 Å². The molecule has 0 fully saturated rings. The smallest absolute Gasteiger partial charge is 0.242 e. The van der Waals surface area contributed by atoms with E-state index in [1.54, 1.807) is 11.8 Å². The van der Waals surface area contributed by atoms with Crippen molar-refractivity contribution in [1.29, 1.82) is 0 Å². The van der Waals surface area contributed by atoms with Crippen LogP contribution in [0.15, 0.2) is 35.5 Å². The molecule has 0 saturated carbocycles. The van der Waals surface area contributed by atoms with Crippen LogP contribution in [0, 0.1) is 0 Å². The molecule has 19 heavy (non-hydrogen) atoms. The van der Waals surface area contributed by atoms with Gasteiger partial charge in [-0.25, -0.2) is 5.84 Å². The molecular weight excluding hydrogens is 260 g/mol. The third-order valence-corrected chi connectivity index (χ3v) is 3.26. The lowest BCUT2D eigenvalue weighted by atomic mass is 10.2. The zero-order valence-electron chi connectivity index (χ0n) is 10.9. The number of benzene rings is 1. The maximum Gasteiger partial charge on any atom is 0.242 e. The van der Waals surface area contributed by atoms with Crippen LogP contribution in [-0.4, -0.2) is 29.0 Å². The van der Waals surface area contributed by atoms with Crippen LogP contribution in [0.2, 0.25) is 0 Å². The minimum Gasteiger partial charge on any atom is -0.347 e. The van der Waals surface area contributed by atoms with E-state index in [9.17, 15) is 0 Å². The Kier molecular flexibility index (Phi) is 4.53. The summed E-state index contributed by atoms with van der Waals surface area (Å²) in [6.07, 6.45) is 0. The monoisotopic (exact) mass is 276 g/mol. The third-order valence-electron chi connectivity index (χ3n) is 2.34. The molecule has 7 heteroatoms. The van der Waals surface area contributed by atoms with E-state index in [4.69, 9.17) is 5.84 Å². The second-order valence-corrected chi connectivity index (χ2v) is 5.00. The highest BCUT2D eigenvalue weighted by molar-refractivity contribution is 7.98. The van der Waals surface area contributed by atoms with Gasteiger partial charge in [0.15, 0.2) is 5.16 Å². The Morgan fingerprint density at radius 1 is 1.16 bits per heavy atom. The average molecular weight is 276 g/mol. The lowest BCUT2D eigenvalue weighted by Crippen LogP contribution is -2.17. The molecule has 0 unspecified atom stereocenters. The number of nitrogens with two attached hydrogens (primary N) is 1. The number of nitrogens with zero attached hydrogens (tertiary/aromatic N) is 4. The Morgan fingerprint density at radius 3 is 2.53 bits per heavy atom. The summed E-state index contributed by atoms with van der Waals surface area (Å²) in [7, 11) is 3.75. The number of thioether (sulfide) groups is 1. The second kappa shape index (κ2) is 6.35. The first-order valence-corrected chi connectivity index (χ1v) is 6.74. The molecule has 0 radical (unpaired) electrons. The minimum atomic E-state index is 0.370. The van der Waals surface area contributed by atoms with Crippen molar-refractivity contribution >= 4 is 23.7 Å². The molecule has 0 aliphatic rings. The molecular formula is C12H16N6S. The highest BCUT2D eigenvalue weighted by Crippen LogP contribution is 2.21. The number of aromatic nitrogens is 3. The molecule has 3 N–H and O–H groups in total. The maximum absolute atomic E-state index is 5.36. The zero-order valence-corrected chi connectivity index (χ0v) is 11.7. The first-order chi connectivity index (χ1) is 9.19. The Labute approximate surface area is 116 Å². The topological polar surface area (TPSA) is 80.0 Å². The summed E-state index contributed by atoms with van der Waals surface area (Å²) in [5.41, 5.74) is 3.68. The van der Waals surface area contributed by atoms with E-state index in [0.717, 1.165) is 5.75 Å². The van der Waals surface area contributed by atoms with Gasteiger partial charge < -0.3 is 4.90 Å². The lowest BCUT2D eigenvalue weighted by molar-refractivity contribution is 0.865. The molecule has 0 bridgehead atoms. The van der Waals surface area contributed by atoms with Crippen molar-refractivity contribution in [2.45, 2.75) is 10.9 Å². The number of hydrazine groups is 1. The van der Waals surface area contributed by atoms with Gasteiger partial charge in [-0.3, -0.25) is 5.43 Å². The van der Waals surface area contributed by atoms with Crippen molar-refractivity contribution in [2.24, 2.45) is 5.84 Å². The minimum absolute atomic E-state index is 0.370. The van der Waals surface area contributed by atoms with Crippen LogP contribution in [0.5, 0.6) is 0 Å². The number of nitrogens with one attached hydrogen (secondary N) is 1. The van der Waals surface area contributed by atoms with Gasteiger partial charge >= 0.3 is 0 Å². The fourth-order valence-electron chi connectivity index (χ4n) is 1.40. The van der Waals surface area contributed by atoms with Crippen molar-refractivity contribution in [3.05, 3.63) is 35.9 Å². The molecule has 1 heterocycles. The normalized spacial score (nSPS) is 10.3. The largest absolute Gasteiger partial charge is 0.347 e. The summed E-state index contributed by atoms with van der Waals surface area (Å²) in [6, 6.07) is 10.2. The summed E-state index contributed by atoms with van der Waals surface area (Å²) < 4.78 is 0. The SMILES string of the molecule is CN(C)c1nc(NN)nc(SCc2ccccc2)n1. The summed E-state index contributed by atoms with van der Waals surface area (Å²) >= 11 is 1.55. The Bertz CT molecular complexity index is 531. The van der Waals surface area contributed by atoms with Crippen molar-refractivity contribution < 1.29 is 0 Å². The summed E-state index contributed by atoms with van der Waals surface area (Å²) in [5, 5.41) is 0.649. The van der Waals surface area contributed by atoms with E-state index in [0.29, 0.717) is 17.1 Å². The summed E-state index contributed by atoms with van der Waals surface area (Å²) in [4.78, 5) is 14.6. The van der Waals surface area contributed by atoms with Crippen LogP contribution in [0.4, 0.5) is 11.9 Å². The molecule has 6 nitrogen and oxygen atoms in total. The van der Waals surface area contributed by atoms with Crippen molar-refractivity contribution in [2.75, 3.05) is 24.4 Å². The molecule has 0 atom stereocenters. The van der Waals surface area contributed by atoms with Crippen molar-refractivity contribution in [3.8, 4) is 0 Å². The molecule has 1 aromatic heterocycles. The van der Waals surface area contributed by atoms with Gasteiger partial charge in [0.05, 0.1) is 0 Å². The zero-order chi connectivity index (χ0) is 13.7. The van der Waals surface area contributed by atoms with Gasteiger partial charge in [-0.2, -0.15) is 15.0 Å². The predicted octanol–water partition coefficient (Wildman–Crippen LogP) is 1.52. The molecule has 2 rings (SSSR count). The van der Waals surface area contributed by atoms with Crippen LogP contribution in [0.1, 0.15) is 5.56 Å². The van der Waals surface area contributed by atoms with E-state index in [1.807, 2.05) is 37.2 Å². The lowest BCUT2D eigenvalue weighted by Gasteiger charge is -2.12. The number of rotatable bonds is 5. The highest BCUT2D eigenvalue weighted by atomic mass is 32.2. The van der Waals surface area contributed by atoms with Gasteiger partial charge in [0, 0.05) is 19.8 Å². The number of hydrogen-bond donors (Lipinski definition) is 2. The predicted molar refractivity (Wildman–Crippen MR) is 78.0 cm³/mol. The van der Waals surface area contributed by atoms with Crippen molar-refractivity contribution in [1.82, 2.24) is 15.0 Å². The van der Waals surface area contributed by atoms with Gasteiger partial charge in [-0.05, 0) is 5.56 Å². The third kappa shape index (κ3) is 3.80. The Balaban J connectivity index is 2.13. The van der Waals surface area contributed by atoms with Crippen LogP contribution >= 0.6 is 11.8 Å². The highest BCUT2D eigenvalue weighted by Gasteiger charge is 2.08. The first-order valence-electron chi connectivity index (χ1n) is 5.76. The number of anilines is 2. The average Bonchev–Trinajstić information content (AvgIpc) is 2.45. The molecule has 0 aliphatic carbocycles. The first kappa shape index (κ1) is 13.6. The van der Waals surface area contributed by atoms with Crippen LogP contribution in [-0.2, 0) is 5.75 Å².